The fourth-order valence-corrected chi connectivity index (χ4v) is 2.17. The SMILES string of the molecule is O=C(CCc1n[nH]c(=O)[nH]c1=O)N/N=C/c1cc(Cl)c(O)c(Cl)c1. The molecule has 1 aromatic carbocycles. The average molecular weight is 372 g/mol. The van der Waals surface area contributed by atoms with Gasteiger partial charge in [-0.2, -0.15) is 10.2 Å². The van der Waals surface area contributed by atoms with Gasteiger partial charge in [-0.1, -0.05) is 23.2 Å². The number of nitrogens with zero attached hydrogens (tertiary/aromatic N) is 2. The minimum absolute atomic E-state index is 0.0321. The third-order valence-electron chi connectivity index (χ3n) is 2.81. The number of amides is 1. The summed E-state index contributed by atoms with van der Waals surface area (Å²) in [5, 5.41) is 18.9. The zero-order valence-corrected chi connectivity index (χ0v) is 13.5. The van der Waals surface area contributed by atoms with Crippen LogP contribution in [0.4, 0.5) is 0 Å². The van der Waals surface area contributed by atoms with E-state index in [9.17, 15) is 19.5 Å². The van der Waals surface area contributed by atoms with E-state index >= 15 is 0 Å². The van der Waals surface area contributed by atoms with Crippen molar-refractivity contribution in [2.24, 2.45) is 5.10 Å². The zero-order valence-electron chi connectivity index (χ0n) is 12.0. The van der Waals surface area contributed by atoms with E-state index in [0.717, 1.165) is 0 Å². The van der Waals surface area contributed by atoms with E-state index in [1.165, 1.54) is 18.3 Å². The van der Waals surface area contributed by atoms with E-state index in [4.69, 9.17) is 23.2 Å². The Hall–Kier alpha value is -2.65. The summed E-state index contributed by atoms with van der Waals surface area (Å²) in [6.07, 6.45) is 1.26. The van der Waals surface area contributed by atoms with E-state index in [0.29, 0.717) is 5.56 Å². The molecule has 2 aromatic rings. The Labute approximate surface area is 144 Å². The highest BCUT2D eigenvalue weighted by Gasteiger charge is 2.07. The van der Waals surface area contributed by atoms with Crippen molar-refractivity contribution in [1.82, 2.24) is 20.6 Å². The Balaban J connectivity index is 1.91. The van der Waals surface area contributed by atoms with Crippen molar-refractivity contribution in [3.05, 3.63) is 54.3 Å². The van der Waals surface area contributed by atoms with E-state index < -0.39 is 17.2 Å². The maximum atomic E-state index is 11.6. The largest absolute Gasteiger partial charge is 0.505 e. The first-order chi connectivity index (χ1) is 11.4. The Morgan fingerprint density at radius 2 is 2.00 bits per heavy atom. The average Bonchev–Trinajstić information content (AvgIpc) is 2.51. The number of H-pyrrole nitrogens is 2. The predicted octanol–water partition coefficient (Wildman–Crippen LogP) is 0.554. The number of aryl methyl sites for hydroxylation is 1. The minimum atomic E-state index is -0.718. The molecular formula is C13H11Cl2N5O4. The van der Waals surface area contributed by atoms with Crippen LogP contribution in [0.3, 0.4) is 0 Å². The van der Waals surface area contributed by atoms with E-state index in [2.05, 4.69) is 20.7 Å². The smallest absolute Gasteiger partial charge is 0.342 e. The lowest BCUT2D eigenvalue weighted by Gasteiger charge is -2.02. The van der Waals surface area contributed by atoms with Gasteiger partial charge in [0.05, 0.1) is 16.3 Å². The van der Waals surface area contributed by atoms with Gasteiger partial charge < -0.3 is 5.11 Å². The molecule has 0 aliphatic heterocycles. The molecule has 1 aromatic heterocycles. The van der Waals surface area contributed by atoms with Crippen LogP contribution in [0.15, 0.2) is 26.8 Å². The van der Waals surface area contributed by atoms with E-state index in [1.54, 1.807) is 0 Å². The first-order valence-corrected chi connectivity index (χ1v) is 7.30. The Morgan fingerprint density at radius 3 is 2.62 bits per heavy atom. The van der Waals surface area contributed by atoms with E-state index in [-0.39, 0.29) is 34.3 Å². The molecule has 0 saturated heterocycles. The number of hydrazone groups is 1. The van der Waals surface area contributed by atoms with Crippen LogP contribution in [0.5, 0.6) is 5.75 Å². The summed E-state index contributed by atoms with van der Waals surface area (Å²) in [5.41, 5.74) is 1.39. The molecule has 0 spiro atoms. The van der Waals surface area contributed by atoms with Crippen molar-refractivity contribution in [2.75, 3.05) is 0 Å². The highest BCUT2D eigenvalue weighted by molar-refractivity contribution is 6.37. The van der Waals surface area contributed by atoms with Crippen molar-refractivity contribution in [2.45, 2.75) is 12.8 Å². The molecule has 0 aliphatic rings. The molecule has 0 saturated carbocycles. The second-order valence-corrected chi connectivity index (χ2v) is 5.39. The maximum absolute atomic E-state index is 11.6. The number of aromatic amines is 2. The quantitative estimate of drug-likeness (QED) is 0.448. The lowest BCUT2D eigenvalue weighted by Crippen LogP contribution is -2.28. The lowest BCUT2D eigenvalue weighted by atomic mass is 10.2. The molecule has 0 bridgehead atoms. The van der Waals surface area contributed by atoms with Gasteiger partial charge in [-0.15, -0.1) is 0 Å². The van der Waals surface area contributed by atoms with Gasteiger partial charge in [0.15, 0.2) is 5.75 Å². The highest BCUT2D eigenvalue weighted by atomic mass is 35.5. The van der Waals surface area contributed by atoms with E-state index in [1.807, 2.05) is 4.98 Å². The molecule has 2 rings (SSSR count). The molecule has 4 N–H and O–H groups in total. The van der Waals surface area contributed by atoms with Gasteiger partial charge in [-0.05, 0) is 17.7 Å². The molecule has 0 unspecified atom stereocenters. The van der Waals surface area contributed by atoms with Gasteiger partial charge in [0.2, 0.25) is 5.91 Å². The van der Waals surface area contributed by atoms with Crippen LogP contribution in [0.2, 0.25) is 10.0 Å². The van der Waals surface area contributed by atoms with Crippen molar-refractivity contribution < 1.29 is 9.90 Å². The van der Waals surface area contributed by atoms with Crippen molar-refractivity contribution >= 4 is 35.3 Å². The molecule has 1 amide bonds. The number of hydrogen-bond donors (Lipinski definition) is 4. The standard InChI is InChI=1S/C13H11Cl2N5O4/c14-7-3-6(4-8(15)11(7)22)5-16-19-10(21)2-1-9-12(23)17-13(24)20-18-9/h3-5,22H,1-2H2,(H,19,21)(H2,17,20,23,24)/b16-5+. The fourth-order valence-electron chi connectivity index (χ4n) is 1.67. The second-order valence-electron chi connectivity index (χ2n) is 4.58. The molecule has 9 nitrogen and oxygen atoms in total. The molecular weight excluding hydrogens is 361 g/mol. The molecule has 24 heavy (non-hydrogen) atoms. The molecule has 0 radical (unpaired) electrons. The third-order valence-corrected chi connectivity index (χ3v) is 3.39. The van der Waals surface area contributed by atoms with Crippen molar-refractivity contribution in [3.8, 4) is 5.75 Å². The summed E-state index contributed by atoms with van der Waals surface area (Å²) in [5.74, 6) is -0.701. The van der Waals surface area contributed by atoms with Gasteiger partial charge in [-0.25, -0.2) is 15.3 Å². The number of hydrogen-bond acceptors (Lipinski definition) is 6. The van der Waals surface area contributed by atoms with Crippen molar-refractivity contribution in [3.63, 3.8) is 0 Å². The number of nitrogens with one attached hydrogen (secondary N) is 3. The fraction of sp³-hybridized carbons (Fsp3) is 0.154. The van der Waals surface area contributed by atoms with Gasteiger partial charge in [0.25, 0.3) is 5.56 Å². The molecule has 0 fully saturated rings. The number of phenols is 1. The molecule has 1 heterocycles. The number of aromatic nitrogens is 3. The normalized spacial score (nSPS) is 10.9. The van der Waals surface area contributed by atoms with Crippen LogP contribution in [0.25, 0.3) is 0 Å². The number of carbonyl (C=O) groups excluding carboxylic acids is 1. The number of halogens is 2. The van der Waals surface area contributed by atoms with Crippen LogP contribution in [-0.4, -0.2) is 32.4 Å². The van der Waals surface area contributed by atoms with Crippen LogP contribution < -0.4 is 16.7 Å². The summed E-state index contributed by atoms with van der Waals surface area (Å²) >= 11 is 11.5. The zero-order chi connectivity index (χ0) is 17.7. The summed E-state index contributed by atoms with van der Waals surface area (Å²) in [4.78, 5) is 35.9. The van der Waals surface area contributed by atoms with Crippen LogP contribution in [0, 0.1) is 0 Å². The molecule has 126 valence electrons. The van der Waals surface area contributed by atoms with Crippen LogP contribution in [-0.2, 0) is 11.2 Å². The number of rotatable bonds is 5. The first kappa shape index (κ1) is 17.7. The first-order valence-electron chi connectivity index (χ1n) is 6.54. The molecule has 0 atom stereocenters. The number of carbonyl (C=O) groups is 1. The number of aromatic hydroxyl groups is 1. The lowest BCUT2D eigenvalue weighted by molar-refractivity contribution is -0.121. The van der Waals surface area contributed by atoms with Crippen molar-refractivity contribution in [1.29, 1.82) is 0 Å². The summed E-state index contributed by atoms with van der Waals surface area (Å²) in [7, 11) is 0. The van der Waals surface area contributed by atoms with Gasteiger partial charge in [0.1, 0.15) is 5.69 Å². The molecule has 0 aliphatic carbocycles. The minimum Gasteiger partial charge on any atom is -0.505 e. The summed E-state index contributed by atoms with van der Waals surface area (Å²) < 4.78 is 0. The van der Waals surface area contributed by atoms with Gasteiger partial charge in [-0.3, -0.25) is 14.6 Å². The van der Waals surface area contributed by atoms with Gasteiger partial charge in [0, 0.05) is 12.8 Å². The topological polar surface area (TPSA) is 140 Å². The molecule has 11 heteroatoms. The summed E-state index contributed by atoms with van der Waals surface area (Å²) in [6.45, 7) is 0. The van der Waals surface area contributed by atoms with Crippen LogP contribution >= 0.6 is 23.2 Å². The monoisotopic (exact) mass is 371 g/mol. The van der Waals surface area contributed by atoms with Crippen LogP contribution in [0.1, 0.15) is 17.7 Å². The summed E-state index contributed by atoms with van der Waals surface area (Å²) in [6, 6.07) is 2.84. The Bertz CT molecular complexity index is 883. The highest BCUT2D eigenvalue weighted by Crippen LogP contribution is 2.32. The predicted molar refractivity (Wildman–Crippen MR) is 87.7 cm³/mol. The number of phenolic OH excluding ortho intramolecular Hbond substituents is 1. The Kier molecular flexibility index (Phi) is 5.72. The maximum Gasteiger partial charge on any atom is 0.342 e. The number of benzene rings is 1. The van der Waals surface area contributed by atoms with Gasteiger partial charge >= 0.3 is 5.69 Å². The second kappa shape index (κ2) is 7.75. The third kappa shape index (κ3) is 4.67. The Morgan fingerprint density at radius 1 is 1.33 bits per heavy atom.